The van der Waals surface area contributed by atoms with Gasteiger partial charge in [-0.2, -0.15) is 0 Å². The molecular weight excluding hydrogens is 441 g/mol. The maximum Gasteiger partial charge on any atom is 0.251 e. The summed E-state index contributed by atoms with van der Waals surface area (Å²) in [4.78, 5) is 30.0. The summed E-state index contributed by atoms with van der Waals surface area (Å²) in [5.74, 6) is -0.741. The lowest BCUT2D eigenvalue weighted by Gasteiger charge is -2.37. The molecule has 3 aromatic rings. The lowest BCUT2D eigenvalue weighted by atomic mass is 10.0. The minimum absolute atomic E-state index is 0.144. The first-order valence-corrected chi connectivity index (χ1v) is 11.3. The van der Waals surface area contributed by atoms with Gasteiger partial charge in [-0.05, 0) is 42.0 Å². The molecule has 0 aliphatic carbocycles. The van der Waals surface area contributed by atoms with Crippen LogP contribution in [0.1, 0.15) is 15.9 Å². The number of carbonyl (C=O) groups is 2. The van der Waals surface area contributed by atoms with Gasteiger partial charge >= 0.3 is 0 Å². The molecule has 2 amide bonds. The second-order valence-corrected chi connectivity index (χ2v) is 8.42. The predicted octanol–water partition coefficient (Wildman–Crippen LogP) is 4.17. The summed E-state index contributed by atoms with van der Waals surface area (Å²) in [5, 5.41) is 3.44. The van der Waals surface area contributed by atoms with Crippen molar-refractivity contribution < 1.29 is 14.0 Å². The number of nitrogens with zero attached hydrogens (tertiary/aromatic N) is 2. The fourth-order valence-corrected chi connectivity index (χ4v) is 4.12. The quantitative estimate of drug-likeness (QED) is 0.594. The molecular formula is C26H25ClFN3O2. The highest BCUT2D eigenvalue weighted by Crippen LogP contribution is 2.21. The van der Waals surface area contributed by atoms with E-state index in [1.54, 1.807) is 47.4 Å². The minimum atomic E-state index is -0.712. The molecule has 1 aliphatic rings. The van der Waals surface area contributed by atoms with Crippen LogP contribution in [-0.2, 0) is 11.2 Å². The van der Waals surface area contributed by atoms with Crippen molar-refractivity contribution in [1.29, 1.82) is 0 Å². The van der Waals surface area contributed by atoms with Gasteiger partial charge in [0, 0.05) is 43.2 Å². The maximum absolute atomic E-state index is 14.2. The Balaban J connectivity index is 1.46. The van der Waals surface area contributed by atoms with Gasteiger partial charge in [-0.1, -0.05) is 54.1 Å². The smallest absolute Gasteiger partial charge is 0.251 e. The number of nitrogens with one attached hydrogen (secondary N) is 1. The highest BCUT2D eigenvalue weighted by molar-refractivity contribution is 6.30. The summed E-state index contributed by atoms with van der Waals surface area (Å²) in [6.45, 7) is 1.95. The molecule has 7 heteroatoms. The van der Waals surface area contributed by atoms with Crippen LogP contribution in [0.4, 0.5) is 10.1 Å². The van der Waals surface area contributed by atoms with Gasteiger partial charge < -0.3 is 15.1 Å². The molecule has 0 spiro atoms. The average Bonchev–Trinajstić information content (AvgIpc) is 2.85. The van der Waals surface area contributed by atoms with Crippen molar-refractivity contribution in [2.45, 2.75) is 12.5 Å². The molecule has 1 unspecified atom stereocenters. The number of rotatable bonds is 6. The van der Waals surface area contributed by atoms with E-state index in [2.05, 4.69) is 5.32 Å². The number of amides is 2. The Hall–Kier alpha value is -3.38. The van der Waals surface area contributed by atoms with E-state index in [0.29, 0.717) is 48.9 Å². The standard InChI is InChI=1S/C26H25ClFN3O2/c27-21-12-10-20(11-13-21)25(32)29-23(18-19-6-2-1-3-7-19)26(33)31-16-14-30(15-17-31)24-9-5-4-8-22(24)28/h1-13,23H,14-18H2,(H,29,32). The molecule has 0 aromatic heterocycles. The maximum atomic E-state index is 14.2. The van der Waals surface area contributed by atoms with Crippen molar-refractivity contribution in [2.75, 3.05) is 31.1 Å². The van der Waals surface area contributed by atoms with E-state index in [1.165, 1.54) is 6.07 Å². The first-order chi connectivity index (χ1) is 16.0. The topological polar surface area (TPSA) is 52.7 Å². The van der Waals surface area contributed by atoms with E-state index in [1.807, 2.05) is 35.2 Å². The molecule has 1 N–H and O–H groups in total. The number of benzene rings is 3. The van der Waals surface area contributed by atoms with Gasteiger partial charge in [-0.25, -0.2) is 4.39 Å². The molecule has 33 heavy (non-hydrogen) atoms. The van der Waals surface area contributed by atoms with E-state index in [4.69, 9.17) is 11.6 Å². The minimum Gasteiger partial charge on any atom is -0.366 e. The Morgan fingerprint density at radius 3 is 2.18 bits per heavy atom. The molecule has 5 nitrogen and oxygen atoms in total. The third-order valence-electron chi connectivity index (χ3n) is 5.78. The van der Waals surface area contributed by atoms with Crippen molar-refractivity contribution >= 4 is 29.1 Å². The van der Waals surface area contributed by atoms with E-state index in [-0.39, 0.29) is 17.6 Å². The number of carbonyl (C=O) groups excluding carboxylic acids is 2. The van der Waals surface area contributed by atoms with Gasteiger partial charge in [-0.3, -0.25) is 9.59 Å². The van der Waals surface area contributed by atoms with E-state index in [9.17, 15) is 14.0 Å². The zero-order chi connectivity index (χ0) is 23.2. The molecule has 1 aliphatic heterocycles. The molecule has 0 bridgehead atoms. The number of halogens is 2. The van der Waals surface area contributed by atoms with E-state index in [0.717, 1.165) is 5.56 Å². The monoisotopic (exact) mass is 465 g/mol. The van der Waals surface area contributed by atoms with Gasteiger partial charge in [0.2, 0.25) is 5.91 Å². The van der Waals surface area contributed by atoms with Crippen LogP contribution in [-0.4, -0.2) is 48.9 Å². The van der Waals surface area contributed by atoms with Crippen LogP contribution in [0.15, 0.2) is 78.9 Å². The average molecular weight is 466 g/mol. The normalized spacial score (nSPS) is 14.6. The van der Waals surface area contributed by atoms with Gasteiger partial charge in [0.1, 0.15) is 11.9 Å². The fraction of sp³-hybridized carbons (Fsp3) is 0.231. The van der Waals surface area contributed by atoms with Crippen molar-refractivity contribution in [3.8, 4) is 0 Å². The summed E-state index contributed by atoms with van der Waals surface area (Å²) in [5.41, 5.74) is 1.94. The Labute approximate surface area is 197 Å². The Morgan fingerprint density at radius 2 is 1.52 bits per heavy atom. The van der Waals surface area contributed by atoms with Crippen LogP contribution in [0.5, 0.6) is 0 Å². The summed E-state index contributed by atoms with van der Waals surface area (Å²) >= 11 is 5.93. The lowest BCUT2D eigenvalue weighted by Crippen LogP contribution is -2.55. The highest BCUT2D eigenvalue weighted by atomic mass is 35.5. The third-order valence-corrected chi connectivity index (χ3v) is 6.03. The third kappa shape index (κ3) is 5.71. The second-order valence-electron chi connectivity index (χ2n) is 7.99. The van der Waals surface area contributed by atoms with Crippen LogP contribution in [0.3, 0.4) is 0 Å². The van der Waals surface area contributed by atoms with Gasteiger partial charge in [0.05, 0.1) is 5.69 Å². The molecule has 170 valence electrons. The largest absolute Gasteiger partial charge is 0.366 e. The molecule has 0 radical (unpaired) electrons. The first-order valence-electron chi connectivity index (χ1n) is 10.9. The van der Waals surface area contributed by atoms with E-state index >= 15 is 0 Å². The molecule has 3 aromatic carbocycles. The Bertz CT molecular complexity index is 1100. The van der Waals surface area contributed by atoms with Crippen LogP contribution in [0.2, 0.25) is 5.02 Å². The summed E-state index contributed by atoms with van der Waals surface area (Å²) in [6.07, 6.45) is 0.381. The Kier molecular flexibility index (Phi) is 7.25. The van der Waals surface area contributed by atoms with Crippen LogP contribution >= 0.6 is 11.6 Å². The van der Waals surface area contributed by atoms with Crippen molar-refractivity contribution in [3.05, 3.63) is 101 Å². The van der Waals surface area contributed by atoms with Crippen molar-refractivity contribution in [2.24, 2.45) is 0 Å². The SMILES string of the molecule is O=C(NC(Cc1ccccc1)C(=O)N1CCN(c2ccccc2F)CC1)c1ccc(Cl)cc1. The van der Waals surface area contributed by atoms with Crippen LogP contribution < -0.4 is 10.2 Å². The fourth-order valence-electron chi connectivity index (χ4n) is 3.99. The number of hydrogen-bond acceptors (Lipinski definition) is 3. The number of hydrogen-bond donors (Lipinski definition) is 1. The summed E-state index contributed by atoms with van der Waals surface area (Å²) in [7, 11) is 0. The second kappa shape index (κ2) is 10.5. The van der Waals surface area contributed by atoms with Crippen molar-refractivity contribution in [1.82, 2.24) is 10.2 Å². The lowest BCUT2D eigenvalue weighted by molar-refractivity contribution is -0.133. The van der Waals surface area contributed by atoms with Gasteiger partial charge in [0.15, 0.2) is 0 Å². The van der Waals surface area contributed by atoms with Crippen LogP contribution in [0.25, 0.3) is 0 Å². The molecule has 1 fully saturated rings. The first kappa shape index (κ1) is 22.8. The van der Waals surface area contributed by atoms with Gasteiger partial charge in [0.25, 0.3) is 5.91 Å². The molecule has 0 saturated carbocycles. The molecule has 1 atom stereocenters. The zero-order valence-electron chi connectivity index (χ0n) is 18.1. The van der Waals surface area contributed by atoms with Crippen LogP contribution in [0, 0.1) is 5.82 Å². The summed E-state index contributed by atoms with van der Waals surface area (Å²) < 4.78 is 14.2. The molecule has 1 heterocycles. The van der Waals surface area contributed by atoms with Crippen molar-refractivity contribution in [3.63, 3.8) is 0 Å². The predicted molar refractivity (Wildman–Crippen MR) is 128 cm³/mol. The highest BCUT2D eigenvalue weighted by Gasteiger charge is 2.29. The number of piperazine rings is 1. The van der Waals surface area contributed by atoms with Gasteiger partial charge in [-0.15, -0.1) is 0 Å². The zero-order valence-corrected chi connectivity index (χ0v) is 18.8. The number of para-hydroxylation sites is 1. The Morgan fingerprint density at radius 1 is 0.879 bits per heavy atom. The van der Waals surface area contributed by atoms with E-state index < -0.39 is 6.04 Å². The summed E-state index contributed by atoms with van der Waals surface area (Å²) in [6, 6.07) is 22.1. The molecule has 4 rings (SSSR count). The number of anilines is 1. The molecule has 1 saturated heterocycles.